The zero-order valence-corrected chi connectivity index (χ0v) is 22.3. The highest BCUT2D eigenvalue weighted by Gasteiger charge is 2.30. The molecule has 8 heteroatoms. The maximum Gasteiger partial charge on any atom is 0.443 e. The number of carbonyl (C=O) groups is 1. The van der Waals surface area contributed by atoms with Crippen LogP contribution in [0, 0.1) is 12.8 Å². The summed E-state index contributed by atoms with van der Waals surface area (Å²) in [6.07, 6.45) is 1.86. The fourth-order valence-corrected chi connectivity index (χ4v) is 4.30. The Morgan fingerprint density at radius 3 is 2.46 bits per heavy atom. The molecule has 1 atom stereocenters. The van der Waals surface area contributed by atoms with Gasteiger partial charge in [0.1, 0.15) is 5.60 Å². The van der Waals surface area contributed by atoms with Crippen LogP contribution in [0.3, 0.4) is 0 Å². The standard InChI is InChI=1S/C27H37N3O5/c1-16(2)12-17(3)30(26(32)34-27(5,6)7)35-23-14-22-21(13-19(23)15-33-9)20-10-11-28-18(4)24(20)25(31)29(22)8/h10-11,13-14,16-17H,12,15H2,1-9H3. The lowest BCUT2D eigenvalue weighted by molar-refractivity contribution is -0.0975. The summed E-state index contributed by atoms with van der Waals surface area (Å²) in [6.45, 7) is 13.7. The Bertz CT molecular complexity index is 1290. The van der Waals surface area contributed by atoms with Crippen LogP contribution < -0.4 is 10.4 Å². The molecule has 3 rings (SSSR count). The van der Waals surface area contributed by atoms with Gasteiger partial charge in [0.05, 0.1) is 29.2 Å². The van der Waals surface area contributed by atoms with Gasteiger partial charge < -0.3 is 18.9 Å². The predicted octanol–water partition coefficient (Wildman–Crippen LogP) is 5.51. The smallest absolute Gasteiger partial charge is 0.442 e. The normalized spacial score (nSPS) is 12.9. The van der Waals surface area contributed by atoms with Crippen LogP contribution in [-0.4, -0.2) is 39.5 Å². The van der Waals surface area contributed by atoms with Gasteiger partial charge in [0.15, 0.2) is 5.75 Å². The summed E-state index contributed by atoms with van der Waals surface area (Å²) in [5.41, 5.74) is 1.30. The van der Waals surface area contributed by atoms with E-state index >= 15 is 0 Å². The fourth-order valence-electron chi connectivity index (χ4n) is 4.30. The van der Waals surface area contributed by atoms with E-state index in [1.54, 1.807) is 31.0 Å². The van der Waals surface area contributed by atoms with Crippen LogP contribution in [0.15, 0.2) is 29.2 Å². The van der Waals surface area contributed by atoms with Crippen LogP contribution in [-0.2, 0) is 23.1 Å². The minimum atomic E-state index is -0.677. The molecule has 0 aliphatic carbocycles. The summed E-state index contributed by atoms with van der Waals surface area (Å²) >= 11 is 0. The minimum Gasteiger partial charge on any atom is -0.442 e. The molecule has 3 aromatic rings. The van der Waals surface area contributed by atoms with Crippen LogP contribution in [0.1, 0.15) is 59.2 Å². The van der Waals surface area contributed by atoms with E-state index in [0.717, 1.165) is 22.8 Å². The molecule has 0 radical (unpaired) electrons. The van der Waals surface area contributed by atoms with E-state index in [4.69, 9.17) is 14.3 Å². The summed E-state index contributed by atoms with van der Waals surface area (Å²) in [4.78, 5) is 36.9. The second-order valence-electron chi connectivity index (χ2n) is 10.5. The summed E-state index contributed by atoms with van der Waals surface area (Å²) in [7, 11) is 3.33. The van der Waals surface area contributed by atoms with Crippen molar-refractivity contribution in [1.29, 1.82) is 0 Å². The topological polar surface area (TPSA) is 82.9 Å². The van der Waals surface area contributed by atoms with Gasteiger partial charge in [-0.3, -0.25) is 9.78 Å². The van der Waals surface area contributed by atoms with Gasteiger partial charge >= 0.3 is 6.09 Å². The first-order valence-electron chi connectivity index (χ1n) is 11.9. The summed E-state index contributed by atoms with van der Waals surface area (Å²) < 4.78 is 12.7. The molecule has 1 aromatic carbocycles. The highest BCUT2D eigenvalue weighted by molar-refractivity contribution is 6.06. The number of methoxy groups -OCH3 is 1. The Morgan fingerprint density at radius 2 is 1.86 bits per heavy atom. The third-order valence-corrected chi connectivity index (χ3v) is 5.77. The van der Waals surface area contributed by atoms with Gasteiger partial charge in [-0.05, 0) is 64.5 Å². The molecule has 1 unspecified atom stereocenters. The van der Waals surface area contributed by atoms with Gasteiger partial charge in [0, 0.05) is 37.4 Å². The molecule has 190 valence electrons. The van der Waals surface area contributed by atoms with Gasteiger partial charge in [-0.2, -0.15) is 0 Å². The van der Waals surface area contributed by atoms with Crippen molar-refractivity contribution < 1.29 is 19.1 Å². The number of pyridine rings is 2. The maximum absolute atomic E-state index is 13.2. The first-order chi connectivity index (χ1) is 16.3. The number of hydrogen-bond donors (Lipinski definition) is 0. The van der Waals surface area contributed by atoms with E-state index in [1.165, 1.54) is 5.06 Å². The van der Waals surface area contributed by atoms with Gasteiger partial charge in [-0.1, -0.05) is 13.8 Å². The van der Waals surface area contributed by atoms with Crippen molar-refractivity contribution in [3.05, 3.63) is 46.0 Å². The Labute approximate surface area is 206 Å². The van der Waals surface area contributed by atoms with Crippen molar-refractivity contribution in [2.45, 2.75) is 73.1 Å². The number of hydroxylamine groups is 2. The third-order valence-electron chi connectivity index (χ3n) is 5.77. The highest BCUT2D eigenvalue weighted by atomic mass is 16.7. The second kappa shape index (κ2) is 10.2. The SMILES string of the molecule is COCc1cc2c3ccnc(C)c3c(=O)n(C)c2cc1ON(C(=O)OC(C)(C)C)C(C)CC(C)C. The third kappa shape index (κ3) is 5.75. The first kappa shape index (κ1) is 26.5. The second-order valence-corrected chi connectivity index (χ2v) is 10.5. The Kier molecular flexibility index (Phi) is 7.74. The van der Waals surface area contributed by atoms with E-state index in [1.807, 2.05) is 46.8 Å². The number of benzene rings is 1. The van der Waals surface area contributed by atoms with E-state index in [0.29, 0.717) is 28.3 Å². The quantitative estimate of drug-likeness (QED) is 0.326. The van der Waals surface area contributed by atoms with E-state index in [9.17, 15) is 9.59 Å². The van der Waals surface area contributed by atoms with Gasteiger partial charge in [-0.15, -0.1) is 5.06 Å². The molecular formula is C27H37N3O5. The Hall–Kier alpha value is -3.13. The Morgan fingerprint density at radius 1 is 1.17 bits per heavy atom. The minimum absolute atomic E-state index is 0.138. The molecule has 2 heterocycles. The van der Waals surface area contributed by atoms with Gasteiger partial charge in [-0.25, -0.2) is 4.79 Å². The molecule has 2 aromatic heterocycles. The molecule has 35 heavy (non-hydrogen) atoms. The lowest BCUT2D eigenvalue weighted by atomic mass is 10.0. The monoisotopic (exact) mass is 483 g/mol. The summed E-state index contributed by atoms with van der Waals surface area (Å²) in [5, 5.41) is 3.57. The number of ether oxygens (including phenoxy) is 2. The van der Waals surface area contributed by atoms with E-state index < -0.39 is 11.7 Å². The van der Waals surface area contributed by atoms with Crippen molar-refractivity contribution in [1.82, 2.24) is 14.6 Å². The number of hydrogen-bond acceptors (Lipinski definition) is 6. The largest absolute Gasteiger partial charge is 0.443 e. The first-order valence-corrected chi connectivity index (χ1v) is 11.9. The van der Waals surface area contributed by atoms with Crippen molar-refractivity contribution in [3.63, 3.8) is 0 Å². The average Bonchev–Trinajstić information content (AvgIpc) is 2.74. The van der Waals surface area contributed by atoms with E-state index in [-0.39, 0.29) is 18.2 Å². The van der Waals surface area contributed by atoms with Crippen LogP contribution in [0.5, 0.6) is 5.75 Å². The highest BCUT2D eigenvalue weighted by Crippen LogP contribution is 2.32. The molecule has 0 saturated carbocycles. The molecule has 1 amide bonds. The molecule has 0 bridgehead atoms. The number of carbonyl (C=O) groups excluding carboxylic acids is 1. The van der Waals surface area contributed by atoms with Crippen LogP contribution in [0.4, 0.5) is 4.79 Å². The van der Waals surface area contributed by atoms with Gasteiger partial charge in [0.2, 0.25) is 0 Å². The lowest BCUT2D eigenvalue weighted by Crippen LogP contribution is -2.45. The maximum atomic E-state index is 13.2. The summed E-state index contributed by atoms with van der Waals surface area (Å²) in [5.74, 6) is 0.776. The molecule has 0 aliphatic heterocycles. The van der Waals surface area contributed by atoms with Crippen molar-refractivity contribution >= 4 is 27.8 Å². The number of amides is 1. The van der Waals surface area contributed by atoms with Gasteiger partial charge in [0.25, 0.3) is 5.56 Å². The van der Waals surface area contributed by atoms with E-state index in [2.05, 4.69) is 18.8 Å². The number of aryl methyl sites for hydroxylation is 2. The van der Waals surface area contributed by atoms with Crippen LogP contribution >= 0.6 is 0 Å². The Balaban J connectivity index is 2.20. The molecular weight excluding hydrogens is 446 g/mol. The molecule has 8 nitrogen and oxygen atoms in total. The van der Waals surface area contributed by atoms with Crippen molar-refractivity contribution in [2.24, 2.45) is 13.0 Å². The van der Waals surface area contributed by atoms with Crippen LogP contribution in [0.2, 0.25) is 0 Å². The number of aromatic nitrogens is 2. The van der Waals surface area contributed by atoms with Crippen molar-refractivity contribution in [3.8, 4) is 5.75 Å². The lowest BCUT2D eigenvalue weighted by Gasteiger charge is -2.32. The number of fused-ring (bicyclic) bond motifs is 3. The zero-order valence-electron chi connectivity index (χ0n) is 22.3. The molecule has 0 saturated heterocycles. The molecule has 0 aliphatic rings. The predicted molar refractivity (Wildman–Crippen MR) is 138 cm³/mol. The fraction of sp³-hybridized carbons (Fsp3) is 0.519. The molecule has 0 fully saturated rings. The summed E-state index contributed by atoms with van der Waals surface area (Å²) in [6, 6.07) is 5.35. The molecule has 0 N–H and O–H groups in total. The number of nitrogens with zero attached hydrogens (tertiary/aromatic N) is 3. The average molecular weight is 484 g/mol. The zero-order chi connectivity index (χ0) is 26.1. The number of rotatable bonds is 7. The molecule has 0 spiro atoms. The van der Waals surface area contributed by atoms with Crippen LogP contribution in [0.25, 0.3) is 21.7 Å². The van der Waals surface area contributed by atoms with Crippen molar-refractivity contribution in [2.75, 3.05) is 7.11 Å².